The van der Waals surface area contributed by atoms with Crippen LogP contribution in [0, 0.1) is 5.92 Å². The van der Waals surface area contributed by atoms with E-state index < -0.39 is 60.2 Å². The highest BCUT2D eigenvalue weighted by Crippen LogP contribution is 2.19. The number of carboxylic acids is 2. The van der Waals surface area contributed by atoms with Crippen LogP contribution in [-0.2, 0) is 30.4 Å². The number of nitrogens with two attached hydrogens (primary N) is 1. The van der Waals surface area contributed by atoms with Crippen molar-refractivity contribution in [1.29, 1.82) is 0 Å². The minimum atomic E-state index is -1.42. The van der Waals surface area contributed by atoms with Gasteiger partial charge in [0.2, 0.25) is 17.7 Å². The van der Waals surface area contributed by atoms with Gasteiger partial charge in [0.05, 0.1) is 6.04 Å². The number of H-pyrrole nitrogens is 1. The Hall–Kier alpha value is -3.93. The maximum atomic E-state index is 12.9. The topological polar surface area (TPSA) is 204 Å². The van der Waals surface area contributed by atoms with E-state index in [-0.39, 0.29) is 25.2 Å². The Labute approximate surface area is 214 Å². The van der Waals surface area contributed by atoms with Crippen LogP contribution in [0.15, 0.2) is 30.5 Å². The summed E-state index contributed by atoms with van der Waals surface area (Å²) >= 11 is 0. The van der Waals surface area contributed by atoms with Gasteiger partial charge < -0.3 is 36.9 Å². The summed E-state index contributed by atoms with van der Waals surface area (Å²) in [5, 5.41) is 26.3. The van der Waals surface area contributed by atoms with Gasteiger partial charge in [-0.25, -0.2) is 4.79 Å². The first-order valence-corrected chi connectivity index (χ1v) is 12.0. The van der Waals surface area contributed by atoms with E-state index >= 15 is 0 Å². The van der Waals surface area contributed by atoms with Gasteiger partial charge in [-0.1, -0.05) is 32.0 Å². The summed E-state index contributed by atoms with van der Waals surface area (Å²) in [6.07, 6.45) is 1.56. The van der Waals surface area contributed by atoms with Crippen molar-refractivity contribution in [2.24, 2.45) is 11.7 Å². The molecule has 0 fully saturated rings. The van der Waals surface area contributed by atoms with Crippen LogP contribution in [-0.4, -0.2) is 69.0 Å². The Kier molecular flexibility index (Phi) is 10.6. The summed E-state index contributed by atoms with van der Waals surface area (Å²) in [5.74, 6) is -4.50. The van der Waals surface area contributed by atoms with Crippen molar-refractivity contribution in [2.45, 2.75) is 70.6 Å². The molecule has 0 spiro atoms. The highest BCUT2D eigenvalue weighted by molar-refractivity contribution is 5.94. The molecule has 0 aliphatic carbocycles. The van der Waals surface area contributed by atoms with Crippen molar-refractivity contribution in [1.82, 2.24) is 20.9 Å². The van der Waals surface area contributed by atoms with Crippen LogP contribution in [0.4, 0.5) is 0 Å². The van der Waals surface area contributed by atoms with Crippen LogP contribution in [0.2, 0.25) is 0 Å². The fraction of sp³-hybridized carbons (Fsp3) is 0.480. The van der Waals surface area contributed by atoms with Crippen molar-refractivity contribution in [2.75, 3.05) is 0 Å². The minimum Gasteiger partial charge on any atom is -0.481 e. The zero-order valence-electron chi connectivity index (χ0n) is 21.1. The van der Waals surface area contributed by atoms with Crippen LogP contribution in [0.3, 0.4) is 0 Å². The molecule has 202 valence electrons. The molecule has 0 bridgehead atoms. The molecular weight excluding hydrogens is 482 g/mol. The van der Waals surface area contributed by atoms with Gasteiger partial charge >= 0.3 is 11.9 Å². The summed E-state index contributed by atoms with van der Waals surface area (Å²) in [6, 6.07) is 3.16. The number of aromatic nitrogens is 1. The number of aliphatic carboxylic acids is 2. The van der Waals surface area contributed by atoms with Crippen LogP contribution in [0.1, 0.15) is 45.6 Å². The molecule has 37 heavy (non-hydrogen) atoms. The van der Waals surface area contributed by atoms with Gasteiger partial charge in [-0.15, -0.1) is 0 Å². The van der Waals surface area contributed by atoms with E-state index in [1.54, 1.807) is 6.20 Å². The molecule has 2 aromatic rings. The van der Waals surface area contributed by atoms with Crippen LogP contribution in [0.5, 0.6) is 0 Å². The molecule has 12 nitrogen and oxygen atoms in total. The van der Waals surface area contributed by atoms with Gasteiger partial charge in [0.1, 0.15) is 18.1 Å². The largest absolute Gasteiger partial charge is 0.481 e. The highest BCUT2D eigenvalue weighted by atomic mass is 16.4. The number of fused-ring (bicyclic) bond motifs is 1. The quantitative estimate of drug-likeness (QED) is 0.188. The van der Waals surface area contributed by atoms with E-state index in [2.05, 4.69) is 20.9 Å². The molecule has 4 atom stereocenters. The summed E-state index contributed by atoms with van der Waals surface area (Å²) < 4.78 is 0. The molecule has 0 aliphatic rings. The van der Waals surface area contributed by atoms with E-state index in [0.29, 0.717) is 0 Å². The molecule has 0 saturated heterocycles. The Balaban J connectivity index is 2.00. The Morgan fingerprint density at radius 2 is 1.57 bits per heavy atom. The van der Waals surface area contributed by atoms with Gasteiger partial charge in [-0.2, -0.15) is 0 Å². The van der Waals surface area contributed by atoms with Crippen LogP contribution in [0.25, 0.3) is 10.9 Å². The molecule has 1 heterocycles. The van der Waals surface area contributed by atoms with E-state index in [1.165, 1.54) is 6.92 Å². The first kappa shape index (κ1) is 29.3. The van der Waals surface area contributed by atoms with Gasteiger partial charge in [-0.3, -0.25) is 19.2 Å². The smallest absolute Gasteiger partial charge is 0.326 e. The van der Waals surface area contributed by atoms with Crippen molar-refractivity contribution in [3.8, 4) is 0 Å². The lowest BCUT2D eigenvalue weighted by molar-refractivity contribution is -0.143. The van der Waals surface area contributed by atoms with E-state index in [4.69, 9.17) is 10.8 Å². The Bertz CT molecular complexity index is 1130. The number of para-hydroxylation sites is 1. The number of carbonyl (C=O) groups is 5. The standard InChI is InChI=1S/C25H35N5O7/c1-13(2)10-20(24(35)28-14(3)22(33)29-19(25(36)37)8-9-21(31)32)30-23(34)17(26)11-15-12-27-18-7-5-4-6-16(15)18/h4-7,12-14,17,19-20,27H,8-11,26H2,1-3H3,(H,28,35)(H,29,33)(H,30,34)(H,31,32)(H,36,37). The normalized spacial score (nSPS) is 14.4. The van der Waals surface area contributed by atoms with E-state index in [1.807, 2.05) is 38.1 Å². The SMILES string of the molecule is CC(C)CC(NC(=O)C(N)Cc1c[nH]c2ccccc12)C(=O)NC(C)C(=O)NC(CCC(=O)O)C(=O)O. The minimum absolute atomic E-state index is 0.0254. The maximum Gasteiger partial charge on any atom is 0.326 e. The molecule has 8 N–H and O–H groups in total. The van der Waals surface area contributed by atoms with Crippen LogP contribution < -0.4 is 21.7 Å². The number of benzene rings is 1. The van der Waals surface area contributed by atoms with Gasteiger partial charge in [0.25, 0.3) is 0 Å². The predicted molar refractivity (Wildman–Crippen MR) is 135 cm³/mol. The first-order chi connectivity index (χ1) is 17.4. The molecule has 3 amide bonds. The van der Waals surface area contributed by atoms with E-state index in [0.717, 1.165) is 16.5 Å². The fourth-order valence-corrected chi connectivity index (χ4v) is 3.81. The molecule has 0 aliphatic heterocycles. The third kappa shape index (κ3) is 8.90. The summed E-state index contributed by atoms with van der Waals surface area (Å²) in [7, 11) is 0. The number of hydrogen-bond donors (Lipinski definition) is 7. The fourth-order valence-electron chi connectivity index (χ4n) is 3.81. The third-order valence-electron chi connectivity index (χ3n) is 5.81. The van der Waals surface area contributed by atoms with Crippen molar-refractivity contribution in [3.05, 3.63) is 36.0 Å². The van der Waals surface area contributed by atoms with Crippen molar-refractivity contribution >= 4 is 40.6 Å². The van der Waals surface area contributed by atoms with Crippen molar-refractivity contribution < 1.29 is 34.2 Å². The predicted octanol–water partition coefficient (Wildman–Crippen LogP) is 0.508. The number of carboxylic acid groups (broad SMARTS) is 2. The van der Waals surface area contributed by atoms with Gasteiger partial charge in [0, 0.05) is 23.5 Å². The van der Waals surface area contributed by atoms with Crippen LogP contribution >= 0.6 is 0 Å². The highest BCUT2D eigenvalue weighted by Gasteiger charge is 2.29. The Morgan fingerprint density at radius 3 is 2.19 bits per heavy atom. The monoisotopic (exact) mass is 517 g/mol. The lowest BCUT2D eigenvalue weighted by atomic mass is 10.0. The summed E-state index contributed by atoms with van der Waals surface area (Å²) in [5.41, 5.74) is 7.93. The number of aromatic amines is 1. The molecule has 2 rings (SSSR count). The molecule has 12 heteroatoms. The molecule has 0 saturated carbocycles. The van der Waals surface area contributed by atoms with Gasteiger partial charge in [-0.05, 0) is 43.7 Å². The zero-order valence-corrected chi connectivity index (χ0v) is 21.1. The molecule has 1 aromatic heterocycles. The number of carbonyl (C=O) groups excluding carboxylic acids is 3. The van der Waals surface area contributed by atoms with Crippen molar-refractivity contribution in [3.63, 3.8) is 0 Å². The first-order valence-electron chi connectivity index (χ1n) is 12.0. The lowest BCUT2D eigenvalue weighted by Gasteiger charge is -2.24. The molecule has 0 radical (unpaired) electrons. The molecule has 4 unspecified atom stereocenters. The van der Waals surface area contributed by atoms with Gasteiger partial charge in [0.15, 0.2) is 0 Å². The zero-order chi connectivity index (χ0) is 27.7. The average Bonchev–Trinajstić information content (AvgIpc) is 3.23. The second-order valence-electron chi connectivity index (χ2n) is 9.42. The average molecular weight is 518 g/mol. The molecule has 1 aromatic carbocycles. The third-order valence-corrected chi connectivity index (χ3v) is 5.81. The number of nitrogens with one attached hydrogen (secondary N) is 4. The number of amides is 3. The number of rotatable bonds is 14. The maximum absolute atomic E-state index is 12.9. The summed E-state index contributed by atoms with van der Waals surface area (Å²) in [4.78, 5) is 63.4. The summed E-state index contributed by atoms with van der Waals surface area (Å²) in [6.45, 7) is 5.10. The molecular formula is C25H35N5O7. The van der Waals surface area contributed by atoms with E-state index in [9.17, 15) is 29.1 Å². The second kappa shape index (κ2) is 13.4. The lowest BCUT2D eigenvalue weighted by Crippen LogP contribution is -2.56. The number of hydrogen-bond acceptors (Lipinski definition) is 6. The Morgan fingerprint density at radius 1 is 0.919 bits per heavy atom. The second-order valence-corrected chi connectivity index (χ2v) is 9.42.